The Bertz CT molecular complexity index is 946. The van der Waals surface area contributed by atoms with Gasteiger partial charge in [0.05, 0.1) is 16.5 Å². The molecule has 1 aliphatic heterocycles. The summed E-state index contributed by atoms with van der Waals surface area (Å²) in [6, 6.07) is 9.30. The molecule has 1 atom stereocenters. The molecule has 1 aliphatic rings. The predicted molar refractivity (Wildman–Crippen MR) is 97.6 cm³/mol. The summed E-state index contributed by atoms with van der Waals surface area (Å²) in [6.45, 7) is 2.18. The zero-order valence-electron chi connectivity index (χ0n) is 14.8. The molecule has 144 valence electrons. The van der Waals surface area contributed by atoms with Crippen LogP contribution < -0.4 is 5.32 Å². The maximum absolute atomic E-state index is 13.7. The molecule has 1 N–H and O–H groups in total. The fraction of sp³-hybridized carbons (Fsp3) is 0.316. The maximum atomic E-state index is 13.7. The number of amides is 1. The lowest BCUT2D eigenvalue weighted by Crippen LogP contribution is -2.43. The first-order valence-corrected chi connectivity index (χ1v) is 10.0. The zero-order valence-corrected chi connectivity index (χ0v) is 15.6. The molecule has 0 saturated carbocycles. The lowest BCUT2D eigenvalue weighted by molar-refractivity contribution is -0.120. The summed E-state index contributed by atoms with van der Waals surface area (Å²) in [5.41, 5.74) is 0.695. The molecule has 2 aromatic rings. The fourth-order valence-electron chi connectivity index (χ4n) is 3.06. The normalized spacial score (nSPS) is 18.3. The molecular weight excluding hydrogens is 374 g/mol. The minimum atomic E-state index is -3.71. The van der Waals surface area contributed by atoms with E-state index in [1.54, 1.807) is 12.1 Å². The number of hydrogen-bond acceptors (Lipinski definition) is 3. The number of carbonyl (C=O) groups is 1. The third kappa shape index (κ3) is 4.33. The number of hydrogen-bond donors (Lipinski definition) is 1. The Hall–Kier alpha value is -2.32. The van der Waals surface area contributed by atoms with Crippen molar-refractivity contribution in [2.75, 3.05) is 18.4 Å². The van der Waals surface area contributed by atoms with Gasteiger partial charge < -0.3 is 5.32 Å². The van der Waals surface area contributed by atoms with Gasteiger partial charge >= 0.3 is 0 Å². The van der Waals surface area contributed by atoms with E-state index < -0.39 is 33.5 Å². The third-order valence-electron chi connectivity index (χ3n) is 4.60. The number of piperidine rings is 1. The molecule has 0 aromatic heterocycles. The first-order valence-electron chi connectivity index (χ1n) is 8.60. The van der Waals surface area contributed by atoms with Gasteiger partial charge in [-0.2, -0.15) is 4.31 Å². The molecule has 1 heterocycles. The Kier molecular flexibility index (Phi) is 5.57. The second kappa shape index (κ2) is 7.74. The molecule has 0 aliphatic carbocycles. The summed E-state index contributed by atoms with van der Waals surface area (Å²) < 4.78 is 53.9. The Morgan fingerprint density at radius 2 is 1.85 bits per heavy atom. The minimum absolute atomic E-state index is 0.00101. The van der Waals surface area contributed by atoms with Gasteiger partial charge in [-0.25, -0.2) is 17.2 Å². The van der Waals surface area contributed by atoms with Crippen molar-refractivity contribution in [1.82, 2.24) is 4.31 Å². The zero-order chi connectivity index (χ0) is 19.6. The average Bonchev–Trinajstić information content (AvgIpc) is 2.65. The minimum Gasteiger partial charge on any atom is -0.323 e. The van der Waals surface area contributed by atoms with Gasteiger partial charge in [0.1, 0.15) is 11.6 Å². The molecule has 2 aromatic carbocycles. The van der Waals surface area contributed by atoms with Gasteiger partial charge in [-0.3, -0.25) is 4.79 Å². The van der Waals surface area contributed by atoms with Gasteiger partial charge in [-0.05, 0) is 44.0 Å². The Balaban J connectivity index is 1.74. The van der Waals surface area contributed by atoms with Crippen LogP contribution in [0.5, 0.6) is 0 Å². The van der Waals surface area contributed by atoms with Crippen molar-refractivity contribution < 1.29 is 22.0 Å². The van der Waals surface area contributed by atoms with Crippen molar-refractivity contribution in [2.24, 2.45) is 5.92 Å². The van der Waals surface area contributed by atoms with Gasteiger partial charge in [0.2, 0.25) is 15.9 Å². The van der Waals surface area contributed by atoms with Crippen LogP contribution >= 0.6 is 0 Å². The van der Waals surface area contributed by atoms with E-state index in [1.165, 1.54) is 16.4 Å². The number of nitrogens with one attached hydrogen (secondary N) is 1. The monoisotopic (exact) mass is 394 g/mol. The molecule has 1 saturated heterocycles. The van der Waals surface area contributed by atoms with Crippen molar-refractivity contribution in [1.29, 1.82) is 0 Å². The van der Waals surface area contributed by atoms with Crippen LogP contribution in [-0.4, -0.2) is 31.7 Å². The smallest absolute Gasteiger partial charge is 0.243 e. The number of sulfonamides is 1. The number of halogens is 2. The molecule has 1 fully saturated rings. The van der Waals surface area contributed by atoms with Crippen LogP contribution in [0.3, 0.4) is 0 Å². The molecule has 27 heavy (non-hydrogen) atoms. The molecule has 0 radical (unpaired) electrons. The van der Waals surface area contributed by atoms with Crippen LogP contribution in [0.15, 0.2) is 47.4 Å². The van der Waals surface area contributed by atoms with Crippen LogP contribution in [0.4, 0.5) is 14.5 Å². The lowest BCUT2D eigenvalue weighted by Gasteiger charge is -2.31. The Morgan fingerprint density at radius 3 is 2.56 bits per heavy atom. The number of aryl methyl sites for hydroxylation is 1. The van der Waals surface area contributed by atoms with Gasteiger partial charge in [0, 0.05) is 19.2 Å². The molecule has 3 rings (SSSR count). The molecule has 1 amide bonds. The second-order valence-electron chi connectivity index (χ2n) is 6.63. The first kappa shape index (κ1) is 19.4. The summed E-state index contributed by atoms with van der Waals surface area (Å²) >= 11 is 0. The first-order chi connectivity index (χ1) is 12.8. The van der Waals surface area contributed by atoms with E-state index in [0.717, 1.165) is 23.8 Å². The van der Waals surface area contributed by atoms with E-state index in [4.69, 9.17) is 0 Å². The van der Waals surface area contributed by atoms with Gasteiger partial charge in [0.25, 0.3) is 0 Å². The summed E-state index contributed by atoms with van der Waals surface area (Å²) in [4.78, 5) is 12.6. The van der Waals surface area contributed by atoms with Crippen LogP contribution in [0, 0.1) is 24.5 Å². The highest BCUT2D eigenvalue weighted by molar-refractivity contribution is 7.89. The van der Waals surface area contributed by atoms with Crippen molar-refractivity contribution in [3.05, 3.63) is 59.7 Å². The maximum Gasteiger partial charge on any atom is 0.243 e. The van der Waals surface area contributed by atoms with Crippen molar-refractivity contribution >= 4 is 21.6 Å². The molecule has 8 heteroatoms. The average molecular weight is 394 g/mol. The van der Waals surface area contributed by atoms with Crippen molar-refractivity contribution in [3.63, 3.8) is 0 Å². The number of anilines is 1. The highest BCUT2D eigenvalue weighted by Crippen LogP contribution is 2.25. The van der Waals surface area contributed by atoms with Crippen molar-refractivity contribution in [3.8, 4) is 0 Å². The Morgan fingerprint density at radius 1 is 1.15 bits per heavy atom. The van der Waals surface area contributed by atoms with E-state index in [1.807, 2.05) is 6.92 Å². The number of rotatable bonds is 4. The standard InChI is InChI=1S/C19H20F2N2O3S/c1-13-4-7-16(8-5-13)27(25,26)23-10-2-3-14(12-23)19(24)22-18-11-15(20)6-9-17(18)21/h4-9,11,14H,2-3,10,12H2,1H3,(H,22,24). The van der Waals surface area contributed by atoms with Gasteiger partial charge in [-0.15, -0.1) is 0 Å². The quantitative estimate of drug-likeness (QED) is 0.865. The second-order valence-corrected chi connectivity index (χ2v) is 8.57. The van der Waals surface area contributed by atoms with E-state index in [0.29, 0.717) is 19.4 Å². The highest BCUT2D eigenvalue weighted by atomic mass is 32.2. The van der Waals surface area contributed by atoms with E-state index in [-0.39, 0.29) is 17.1 Å². The fourth-order valence-corrected chi connectivity index (χ4v) is 4.59. The van der Waals surface area contributed by atoms with Crippen LogP contribution in [0.25, 0.3) is 0 Å². The molecule has 5 nitrogen and oxygen atoms in total. The predicted octanol–water partition coefficient (Wildman–Crippen LogP) is 3.31. The number of carbonyl (C=O) groups excluding carboxylic acids is 1. The van der Waals surface area contributed by atoms with E-state index >= 15 is 0 Å². The number of nitrogens with zero attached hydrogens (tertiary/aromatic N) is 1. The van der Waals surface area contributed by atoms with E-state index in [9.17, 15) is 22.0 Å². The largest absolute Gasteiger partial charge is 0.323 e. The molecule has 0 bridgehead atoms. The Labute approximate surface area is 157 Å². The van der Waals surface area contributed by atoms with Crippen molar-refractivity contribution in [2.45, 2.75) is 24.7 Å². The van der Waals surface area contributed by atoms with Crippen LogP contribution in [0.1, 0.15) is 18.4 Å². The molecule has 0 spiro atoms. The van der Waals surface area contributed by atoms with Crippen LogP contribution in [-0.2, 0) is 14.8 Å². The summed E-state index contributed by atoms with van der Waals surface area (Å²) in [5, 5.41) is 2.36. The lowest BCUT2D eigenvalue weighted by atomic mass is 9.98. The summed E-state index contributed by atoms with van der Waals surface area (Å²) in [5.74, 6) is -2.58. The van der Waals surface area contributed by atoms with Gasteiger partial charge in [-0.1, -0.05) is 17.7 Å². The number of benzene rings is 2. The third-order valence-corrected chi connectivity index (χ3v) is 6.48. The summed E-state index contributed by atoms with van der Waals surface area (Å²) in [6.07, 6.45) is 0.984. The van der Waals surface area contributed by atoms with E-state index in [2.05, 4.69) is 5.32 Å². The SMILES string of the molecule is Cc1ccc(S(=O)(=O)N2CCCC(C(=O)Nc3cc(F)ccc3F)C2)cc1. The highest BCUT2D eigenvalue weighted by Gasteiger charge is 2.33. The molecular formula is C19H20F2N2O3S. The van der Waals surface area contributed by atoms with Crippen LogP contribution in [0.2, 0.25) is 0 Å². The van der Waals surface area contributed by atoms with Gasteiger partial charge in [0.15, 0.2) is 0 Å². The topological polar surface area (TPSA) is 66.5 Å². The summed E-state index contributed by atoms with van der Waals surface area (Å²) in [7, 11) is -3.71. The molecule has 1 unspecified atom stereocenters.